The van der Waals surface area contributed by atoms with Crippen LogP contribution in [0.3, 0.4) is 0 Å². The number of hydrogen-bond donors (Lipinski definition) is 1. The molecule has 0 amide bonds. The van der Waals surface area contributed by atoms with Gasteiger partial charge in [0.2, 0.25) is 0 Å². The van der Waals surface area contributed by atoms with Crippen molar-refractivity contribution in [1.82, 2.24) is 10.1 Å². The van der Waals surface area contributed by atoms with Gasteiger partial charge in [0.1, 0.15) is 11.9 Å². The zero-order valence-corrected chi connectivity index (χ0v) is 8.90. The van der Waals surface area contributed by atoms with Crippen LogP contribution in [0.1, 0.15) is 36.2 Å². The van der Waals surface area contributed by atoms with E-state index in [1.54, 1.807) is 0 Å². The molecule has 1 saturated heterocycles. The fourth-order valence-corrected chi connectivity index (χ4v) is 3.54. The minimum atomic E-state index is -3.14. The molecule has 1 unspecified atom stereocenters. The molecule has 15 heavy (non-hydrogen) atoms. The molecule has 1 fully saturated rings. The number of aromatic nitrogens is 2. The fourth-order valence-electron chi connectivity index (χ4n) is 1.71. The molecule has 2 heterocycles. The minimum Gasteiger partial charge on any atom is -0.387 e. The maximum atomic E-state index is 11.7. The second kappa shape index (κ2) is 3.90. The maximum Gasteiger partial charge on any atom is 0.252 e. The van der Waals surface area contributed by atoms with Gasteiger partial charge in [-0.15, -0.1) is 0 Å². The number of rotatable bonds is 2. The molecule has 0 spiro atoms. The Kier molecular flexibility index (Phi) is 2.74. The lowest BCUT2D eigenvalue weighted by Crippen LogP contribution is -2.22. The molecule has 0 radical (unpaired) electrons. The molecule has 1 aliphatic heterocycles. The molecule has 6 nitrogen and oxygen atoms in total. The van der Waals surface area contributed by atoms with Gasteiger partial charge in [0.05, 0.1) is 5.75 Å². The Bertz CT molecular complexity index is 439. The zero-order valence-electron chi connectivity index (χ0n) is 8.09. The van der Waals surface area contributed by atoms with E-state index in [1.165, 1.54) is 0 Å². The van der Waals surface area contributed by atoms with Gasteiger partial charge in [-0.2, -0.15) is 4.98 Å². The number of aliphatic hydroxyl groups excluding tert-OH is 1. The molecule has 7 heteroatoms. The summed E-state index contributed by atoms with van der Waals surface area (Å²) < 4.78 is 28.1. The van der Waals surface area contributed by atoms with Crippen molar-refractivity contribution in [3.05, 3.63) is 11.7 Å². The van der Waals surface area contributed by atoms with E-state index in [9.17, 15) is 8.42 Å². The van der Waals surface area contributed by atoms with E-state index < -0.39 is 15.1 Å². The normalized spacial score (nSPS) is 25.3. The number of sulfone groups is 1. The average Bonchev–Trinajstić information content (AvgIpc) is 2.65. The molecule has 2 rings (SSSR count). The summed E-state index contributed by atoms with van der Waals surface area (Å²) in [5, 5.41) is 11.7. The van der Waals surface area contributed by atoms with Gasteiger partial charge in [-0.05, 0) is 12.8 Å². The van der Waals surface area contributed by atoms with Gasteiger partial charge in [-0.25, -0.2) is 8.42 Å². The van der Waals surface area contributed by atoms with Gasteiger partial charge in [-0.3, -0.25) is 0 Å². The Morgan fingerprint density at radius 1 is 1.47 bits per heavy atom. The van der Waals surface area contributed by atoms with E-state index in [-0.39, 0.29) is 24.1 Å². The highest BCUT2D eigenvalue weighted by molar-refractivity contribution is 7.91. The van der Waals surface area contributed by atoms with Crippen LogP contribution in [-0.4, -0.2) is 29.4 Å². The van der Waals surface area contributed by atoms with Crippen LogP contribution in [0.15, 0.2) is 4.52 Å². The van der Waals surface area contributed by atoms with Gasteiger partial charge in [0.15, 0.2) is 15.7 Å². The Hall–Kier alpha value is -0.950. The lowest BCUT2D eigenvalue weighted by molar-refractivity contribution is 0.222. The third-order valence-electron chi connectivity index (χ3n) is 2.49. The smallest absolute Gasteiger partial charge is 0.252 e. The third-order valence-corrected chi connectivity index (χ3v) is 4.66. The summed E-state index contributed by atoms with van der Waals surface area (Å²) in [4.78, 5) is 3.84. The van der Waals surface area contributed by atoms with Crippen molar-refractivity contribution in [2.24, 2.45) is 0 Å². The van der Waals surface area contributed by atoms with Crippen molar-refractivity contribution in [2.45, 2.75) is 31.1 Å². The molecule has 0 bridgehead atoms. The molecule has 1 aliphatic rings. The highest BCUT2D eigenvalue weighted by Gasteiger charge is 2.33. The summed E-state index contributed by atoms with van der Waals surface area (Å²) in [6.07, 6.45) is 2.09. The van der Waals surface area contributed by atoms with Crippen LogP contribution < -0.4 is 0 Å². The first kappa shape index (κ1) is 10.6. The summed E-state index contributed by atoms with van der Waals surface area (Å²) in [5.41, 5.74) is 0. The first-order chi connectivity index (χ1) is 7.13. The summed E-state index contributed by atoms with van der Waals surface area (Å²) >= 11 is 0. The van der Waals surface area contributed by atoms with Crippen molar-refractivity contribution in [2.75, 3.05) is 5.75 Å². The number of aliphatic hydroxyl groups is 1. The highest BCUT2D eigenvalue weighted by Crippen LogP contribution is 2.31. The predicted molar refractivity (Wildman–Crippen MR) is 50.6 cm³/mol. The standard InChI is InChI=1S/C8H12N2O4S/c11-5-7-9-8(10-14-7)6-3-1-2-4-15(6,12)13/h6,11H,1-5H2. The first-order valence-electron chi connectivity index (χ1n) is 4.78. The number of hydrogen-bond acceptors (Lipinski definition) is 6. The van der Waals surface area contributed by atoms with Crippen molar-refractivity contribution < 1.29 is 18.0 Å². The van der Waals surface area contributed by atoms with Crippen LogP contribution in [0.4, 0.5) is 0 Å². The monoisotopic (exact) mass is 232 g/mol. The second-order valence-electron chi connectivity index (χ2n) is 3.56. The lowest BCUT2D eigenvalue weighted by atomic mass is 10.2. The molecule has 1 aromatic rings. The van der Waals surface area contributed by atoms with Crippen LogP contribution in [-0.2, 0) is 16.4 Å². The molecule has 1 atom stereocenters. The predicted octanol–water partition coefficient (Wildman–Crippen LogP) is 0.202. The molecule has 0 aliphatic carbocycles. The van der Waals surface area contributed by atoms with E-state index in [2.05, 4.69) is 14.7 Å². The van der Waals surface area contributed by atoms with Gasteiger partial charge in [0.25, 0.3) is 5.89 Å². The largest absolute Gasteiger partial charge is 0.387 e. The van der Waals surface area contributed by atoms with Crippen molar-refractivity contribution >= 4 is 9.84 Å². The topological polar surface area (TPSA) is 93.3 Å². The Morgan fingerprint density at radius 2 is 2.27 bits per heavy atom. The molecular weight excluding hydrogens is 220 g/mol. The van der Waals surface area contributed by atoms with Gasteiger partial charge >= 0.3 is 0 Å². The molecule has 1 aromatic heterocycles. The Balaban J connectivity index is 2.29. The molecule has 0 aromatic carbocycles. The van der Waals surface area contributed by atoms with Crippen molar-refractivity contribution in [3.8, 4) is 0 Å². The fraction of sp³-hybridized carbons (Fsp3) is 0.750. The summed E-state index contributed by atoms with van der Waals surface area (Å²) in [5.74, 6) is 0.422. The lowest BCUT2D eigenvalue weighted by Gasteiger charge is -2.18. The highest BCUT2D eigenvalue weighted by atomic mass is 32.2. The van der Waals surface area contributed by atoms with Crippen LogP contribution in [0, 0.1) is 0 Å². The molecule has 1 N–H and O–H groups in total. The summed E-state index contributed by atoms with van der Waals surface area (Å²) in [6.45, 7) is -0.361. The van der Waals surface area contributed by atoms with Crippen LogP contribution >= 0.6 is 0 Å². The average molecular weight is 232 g/mol. The second-order valence-corrected chi connectivity index (χ2v) is 5.86. The van der Waals surface area contributed by atoms with Crippen molar-refractivity contribution in [1.29, 1.82) is 0 Å². The van der Waals surface area contributed by atoms with E-state index in [0.717, 1.165) is 6.42 Å². The minimum absolute atomic E-state index is 0.0609. The van der Waals surface area contributed by atoms with Crippen LogP contribution in [0.25, 0.3) is 0 Å². The van der Waals surface area contributed by atoms with Gasteiger partial charge in [0, 0.05) is 0 Å². The van der Waals surface area contributed by atoms with Crippen molar-refractivity contribution in [3.63, 3.8) is 0 Å². The van der Waals surface area contributed by atoms with Crippen LogP contribution in [0.5, 0.6) is 0 Å². The Labute approximate surface area is 87.2 Å². The quantitative estimate of drug-likeness (QED) is 0.783. The Morgan fingerprint density at radius 3 is 2.87 bits per heavy atom. The van der Waals surface area contributed by atoms with E-state index >= 15 is 0 Å². The van der Waals surface area contributed by atoms with Crippen LogP contribution in [0.2, 0.25) is 0 Å². The van der Waals surface area contributed by atoms with E-state index in [1.807, 2.05) is 0 Å². The van der Waals surface area contributed by atoms with E-state index in [0.29, 0.717) is 12.8 Å². The maximum absolute atomic E-state index is 11.7. The SMILES string of the molecule is O=S1(=O)CCCCC1c1noc(CO)n1. The molecular formula is C8H12N2O4S. The van der Waals surface area contributed by atoms with Gasteiger partial charge < -0.3 is 9.63 Å². The third kappa shape index (κ3) is 2.03. The van der Waals surface area contributed by atoms with Gasteiger partial charge in [-0.1, -0.05) is 11.6 Å². The molecule has 0 saturated carbocycles. The molecule has 84 valence electrons. The zero-order chi connectivity index (χ0) is 10.9. The summed E-state index contributed by atoms with van der Waals surface area (Å²) in [7, 11) is -3.14. The van der Waals surface area contributed by atoms with E-state index in [4.69, 9.17) is 5.11 Å². The summed E-state index contributed by atoms with van der Waals surface area (Å²) in [6, 6.07) is 0. The number of nitrogens with zero attached hydrogens (tertiary/aromatic N) is 2. The first-order valence-corrected chi connectivity index (χ1v) is 6.50.